The second-order valence-electron chi connectivity index (χ2n) is 5.83. The first kappa shape index (κ1) is 17.0. The van der Waals surface area contributed by atoms with Gasteiger partial charge in [0.15, 0.2) is 6.20 Å². The quantitative estimate of drug-likeness (QED) is 0.713. The predicted molar refractivity (Wildman–Crippen MR) is 89.0 cm³/mol. The number of anilines is 1. The standard InChI is InChI=1S/C19H15F3N2O/c1-13-7-8-17-14(10-13)4-3-9-24(17)12-18(25)23-16-6-2-5-15(11-16)19(20,21)22/h2-11H,12H2,1H3/p+1. The van der Waals surface area contributed by atoms with E-state index in [9.17, 15) is 18.0 Å². The normalized spacial score (nSPS) is 11.5. The van der Waals surface area contributed by atoms with E-state index < -0.39 is 17.6 Å². The molecule has 1 heterocycles. The van der Waals surface area contributed by atoms with Gasteiger partial charge in [-0.25, -0.2) is 0 Å². The molecule has 0 radical (unpaired) electrons. The number of hydrogen-bond donors (Lipinski definition) is 1. The highest BCUT2D eigenvalue weighted by atomic mass is 19.4. The number of fused-ring (bicyclic) bond motifs is 1. The summed E-state index contributed by atoms with van der Waals surface area (Å²) in [7, 11) is 0. The number of halogens is 3. The molecule has 0 saturated carbocycles. The third kappa shape index (κ3) is 3.96. The maximum atomic E-state index is 12.7. The average Bonchev–Trinajstić information content (AvgIpc) is 2.54. The number of aromatic nitrogens is 1. The highest BCUT2D eigenvalue weighted by molar-refractivity contribution is 5.90. The van der Waals surface area contributed by atoms with Crippen LogP contribution in [0.25, 0.3) is 10.9 Å². The number of carbonyl (C=O) groups is 1. The molecule has 0 spiro atoms. The van der Waals surface area contributed by atoms with Gasteiger partial charge in [0.25, 0.3) is 5.91 Å². The Morgan fingerprint density at radius 1 is 1.08 bits per heavy atom. The van der Waals surface area contributed by atoms with Gasteiger partial charge in [0.05, 0.1) is 5.56 Å². The lowest BCUT2D eigenvalue weighted by Crippen LogP contribution is -2.40. The second-order valence-corrected chi connectivity index (χ2v) is 5.83. The average molecular weight is 345 g/mol. The minimum Gasteiger partial charge on any atom is -0.321 e. The first-order valence-electron chi connectivity index (χ1n) is 7.69. The number of amides is 1. The Bertz CT molecular complexity index is 935. The molecule has 0 fully saturated rings. The van der Waals surface area contributed by atoms with Crippen LogP contribution in [0.3, 0.4) is 0 Å². The number of hydrogen-bond acceptors (Lipinski definition) is 1. The van der Waals surface area contributed by atoms with E-state index in [4.69, 9.17) is 0 Å². The van der Waals surface area contributed by atoms with Gasteiger partial charge in [0, 0.05) is 23.2 Å². The lowest BCUT2D eigenvalue weighted by Gasteiger charge is -2.09. The predicted octanol–water partition coefficient (Wildman–Crippen LogP) is 4.09. The summed E-state index contributed by atoms with van der Waals surface area (Å²) >= 11 is 0. The molecule has 3 aromatic rings. The van der Waals surface area contributed by atoms with Crippen molar-refractivity contribution in [2.24, 2.45) is 0 Å². The third-order valence-corrected chi connectivity index (χ3v) is 3.82. The number of rotatable bonds is 3. The van der Waals surface area contributed by atoms with Crippen molar-refractivity contribution in [3.63, 3.8) is 0 Å². The van der Waals surface area contributed by atoms with Crippen molar-refractivity contribution in [1.82, 2.24) is 0 Å². The molecule has 25 heavy (non-hydrogen) atoms. The van der Waals surface area contributed by atoms with Crippen molar-refractivity contribution in [1.29, 1.82) is 0 Å². The molecule has 3 rings (SSSR count). The molecule has 1 aromatic heterocycles. The molecule has 6 heteroatoms. The van der Waals surface area contributed by atoms with Gasteiger partial charge >= 0.3 is 6.18 Å². The van der Waals surface area contributed by atoms with Crippen LogP contribution in [0.2, 0.25) is 0 Å². The summed E-state index contributed by atoms with van der Waals surface area (Å²) in [6, 6.07) is 14.3. The molecule has 0 aliphatic rings. The summed E-state index contributed by atoms with van der Waals surface area (Å²) < 4.78 is 40.0. The minimum absolute atomic E-state index is 0.0106. The highest BCUT2D eigenvalue weighted by Gasteiger charge is 2.30. The van der Waals surface area contributed by atoms with Gasteiger partial charge in [0.2, 0.25) is 12.1 Å². The van der Waals surface area contributed by atoms with E-state index in [1.165, 1.54) is 12.1 Å². The molecule has 0 aliphatic carbocycles. The number of alkyl halides is 3. The lowest BCUT2D eigenvalue weighted by atomic mass is 10.1. The van der Waals surface area contributed by atoms with Gasteiger partial charge in [-0.15, -0.1) is 0 Å². The molecule has 1 N–H and O–H groups in total. The van der Waals surface area contributed by atoms with E-state index in [0.29, 0.717) is 0 Å². The Hall–Kier alpha value is -2.89. The molecular formula is C19H16F3N2O+. The topological polar surface area (TPSA) is 33.0 Å². The van der Waals surface area contributed by atoms with Crippen LogP contribution in [-0.2, 0) is 17.5 Å². The van der Waals surface area contributed by atoms with Gasteiger partial charge < -0.3 is 5.32 Å². The molecule has 128 valence electrons. The van der Waals surface area contributed by atoms with Crippen LogP contribution in [0.1, 0.15) is 11.1 Å². The van der Waals surface area contributed by atoms with Gasteiger partial charge in [-0.3, -0.25) is 4.79 Å². The fourth-order valence-electron chi connectivity index (χ4n) is 2.67. The lowest BCUT2D eigenvalue weighted by molar-refractivity contribution is -0.658. The van der Waals surface area contributed by atoms with Gasteiger partial charge in [-0.1, -0.05) is 17.7 Å². The Balaban J connectivity index is 1.80. The van der Waals surface area contributed by atoms with Crippen molar-refractivity contribution in [2.45, 2.75) is 19.6 Å². The second kappa shape index (κ2) is 6.55. The Morgan fingerprint density at radius 2 is 1.88 bits per heavy atom. The van der Waals surface area contributed by atoms with Crippen LogP contribution in [0.15, 0.2) is 60.8 Å². The number of nitrogens with one attached hydrogen (secondary N) is 1. The third-order valence-electron chi connectivity index (χ3n) is 3.82. The molecular weight excluding hydrogens is 329 g/mol. The van der Waals surface area contributed by atoms with E-state index in [1.807, 2.05) is 37.3 Å². The SMILES string of the molecule is Cc1ccc2c(ccc[n+]2CC(=O)Nc2cccc(C(F)(F)F)c2)c1. The first-order chi connectivity index (χ1) is 11.8. The van der Waals surface area contributed by atoms with Crippen LogP contribution in [0, 0.1) is 6.92 Å². The maximum absolute atomic E-state index is 12.7. The number of pyridine rings is 1. The van der Waals surface area contributed by atoms with Crippen molar-refractivity contribution in [2.75, 3.05) is 5.32 Å². The Kier molecular flexibility index (Phi) is 4.44. The van der Waals surface area contributed by atoms with E-state index in [2.05, 4.69) is 5.32 Å². The van der Waals surface area contributed by atoms with Gasteiger partial charge in [0.1, 0.15) is 0 Å². The van der Waals surface area contributed by atoms with E-state index in [-0.39, 0.29) is 12.2 Å². The summed E-state index contributed by atoms with van der Waals surface area (Å²) in [5.74, 6) is -0.391. The van der Waals surface area contributed by atoms with Crippen molar-refractivity contribution >= 4 is 22.5 Å². The zero-order valence-corrected chi connectivity index (χ0v) is 13.5. The van der Waals surface area contributed by atoms with E-state index >= 15 is 0 Å². The molecule has 0 saturated heterocycles. The van der Waals surface area contributed by atoms with Crippen molar-refractivity contribution in [3.05, 3.63) is 71.9 Å². The summed E-state index contributed by atoms with van der Waals surface area (Å²) in [5.41, 5.74) is 1.32. The molecule has 0 unspecified atom stereocenters. The molecule has 0 aliphatic heterocycles. The number of carbonyl (C=O) groups excluding carboxylic acids is 1. The Labute approximate surface area is 142 Å². The molecule has 2 aromatic carbocycles. The smallest absolute Gasteiger partial charge is 0.321 e. The summed E-state index contributed by atoms with van der Waals surface area (Å²) in [6.45, 7) is 1.99. The van der Waals surface area contributed by atoms with Crippen molar-refractivity contribution in [3.8, 4) is 0 Å². The zero-order chi connectivity index (χ0) is 18.0. The van der Waals surface area contributed by atoms with Crippen LogP contribution < -0.4 is 9.88 Å². The highest BCUT2D eigenvalue weighted by Crippen LogP contribution is 2.30. The summed E-state index contributed by atoms with van der Waals surface area (Å²) in [4.78, 5) is 12.2. The summed E-state index contributed by atoms with van der Waals surface area (Å²) in [6.07, 6.45) is -2.67. The van der Waals surface area contributed by atoms with E-state index in [1.54, 1.807) is 10.8 Å². The fourth-order valence-corrected chi connectivity index (χ4v) is 2.67. The number of benzene rings is 2. The largest absolute Gasteiger partial charge is 0.416 e. The monoisotopic (exact) mass is 345 g/mol. The van der Waals surface area contributed by atoms with E-state index in [0.717, 1.165) is 28.6 Å². The van der Waals surface area contributed by atoms with Gasteiger partial charge in [-0.05, 0) is 37.3 Å². The summed E-state index contributed by atoms with van der Waals surface area (Å²) in [5, 5.41) is 3.51. The van der Waals surface area contributed by atoms with Crippen LogP contribution in [0.4, 0.5) is 18.9 Å². The Morgan fingerprint density at radius 3 is 2.64 bits per heavy atom. The van der Waals surface area contributed by atoms with Crippen LogP contribution in [-0.4, -0.2) is 5.91 Å². The maximum Gasteiger partial charge on any atom is 0.416 e. The van der Waals surface area contributed by atoms with Crippen LogP contribution >= 0.6 is 0 Å². The fraction of sp³-hybridized carbons (Fsp3) is 0.158. The molecule has 3 nitrogen and oxygen atoms in total. The van der Waals surface area contributed by atoms with Crippen LogP contribution in [0.5, 0.6) is 0 Å². The number of aryl methyl sites for hydroxylation is 1. The number of nitrogens with zero attached hydrogens (tertiary/aromatic N) is 1. The first-order valence-corrected chi connectivity index (χ1v) is 7.69. The molecule has 0 atom stereocenters. The zero-order valence-electron chi connectivity index (χ0n) is 13.5. The van der Waals surface area contributed by atoms with Gasteiger partial charge in [-0.2, -0.15) is 17.7 Å². The minimum atomic E-state index is -4.44. The molecule has 1 amide bonds. The molecule has 0 bridgehead atoms. The van der Waals surface area contributed by atoms with Crippen molar-refractivity contribution < 1.29 is 22.5 Å².